The van der Waals surface area contributed by atoms with Crippen molar-refractivity contribution in [2.45, 2.75) is 33.1 Å². The minimum Gasteiger partial charge on any atom is -0.374 e. The summed E-state index contributed by atoms with van der Waals surface area (Å²) in [7, 11) is 0. The second-order valence-electron chi connectivity index (χ2n) is 4.58. The average Bonchev–Trinajstić information content (AvgIpc) is 2.17. The lowest BCUT2D eigenvalue weighted by atomic mass is 9.86. The number of benzene rings is 1. The zero-order chi connectivity index (χ0) is 11.3. The smallest absolute Gasteiger partial charge is 0.0765 e. The summed E-state index contributed by atoms with van der Waals surface area (Å²) < 4.78 is 0. The van der Waals surface area contributed by atoms with Crippen molar-refractivity contribution in [1.29, 1.82) is 0 Å². The number of nitrogens with one attached hydrogen (secondary N) is 1. The second-order valence-corrected chi connectivity index (χ2v) is 4.58. The lowest BCUT2D eigenvalue weighted by Crippen LogP contribution is -2.14. The summed E-state index contributed by atoms with van der Waals surface area (Å²) in [6.07, 6.45) is 0. The zero-order valence-electron chi connectivity index (χ0n) is 10.0. The Hall–Kier alpha value is -1.42. The Bertz CT molecular complexity index is 374. The third-order valence-corrected chi connectivity index (χ3v) is 2.28. The Morgan fingerprint density at radius 3 is 2.47 bits per heavy atom. The Morgan fingerprint density at radius 2 is 1.87 bits per heavy atom. The molecule has 0 radical (unpaired) electrons. The monoisotopic (exact) mass is 201 g/mol. The number of hydrogen-bond donors (Lipinski definition) is 1. The minimum absolute atomic E-state index is 0.170. The fourth-order valence-electron chi connectivity index (χ4n) is 1.52. The van der Waals surface area contributed by atoms with Crippen molar-refractivity contribution in [3.8, 4) is 11.8 Å². The Kier molecular flexibility index (Phi) is 3.80. The van der Waals surface area contributed by atoms with Gasteiger partial charge in [0, 0.05) is 5.69 Å². The molecule has 0 saturated carbocycles. The minimum atomic E-state index is 0.170. The highest BCUT2D eigenvalue weighted by molar-refractivity contribution is 5.54. The van der Waals surface area contributed by atoms with Crippen LogP contribution in [0.15, 0.2) is 24.3 Å². The van der Waals surface area contributed by atoms with Crippen LogP contribution < -0.4 is 5.32 Å². The first-order valence-electron chi connectivity index (χ1n) is 5.28. The van der Waals surface area contributed by atoms with Gasteiger partial charge in [0.05, 0.1) is 6.54 Å². The standard InChI is InChI=1S/C14H19N/c1-5-6-11-15-13-10-8-7-9-12(13)14(2,3)4/h7-10,15H,11H2,1-4H3. The van der Waals surface area contributed by atoms with Gasteiger partial charge in [-0.15, -0.1) is 5.92 Å². The molecule has 0 spiro atoms. The largest absolute Gasteiger partial charge is 0.374 e. The molecule has 1 rings (SSSR count). The third kappa shape index (κ3) is 3.32. The van der Waals surface area contributed by atoms with Crippen molar-refractivity contribution in [1.82, 2.24) is 0 Å². The highest BCUT2D eigenvalue weighted by Gasteiger charge is 2.16. The van der Waals surface area contributed by atoms with E-state index >= 15 is 0 Å². The summed E-state index contributed by atoms with van der Waals surface area (Å²) >= 11 is 0. The van der Waals surface area contributed by atoms with Crippen molar-refractivity contribution in [3.05, 3.63) is 29.8 Å². The van der Waals surface area contributed by atoms with E-state index in [9.17, 15) is 0 Å². The molecule has 0 fully saturated rings. The maximum Gasteiger partial charge on any atom is 0.0765 e. The number of rotatable bonds is 2. The summed E-state index contributed by atoms with van der Waals surface area (Å²) in [6, 6.07) is 8.41. The van der Waals surface area contributed by atoms with Gasteiger partial charge in [0.15, 0.2) is 0 Å². The molecule has 0 aliphatic heterocycles. The molecule has 0 atom stereocenters. The summed E-state index contributed by atoms with van der Waals surface area (Å²) in [4.78, 5) is 0. The summed E-state index contributed by atoms with van der Waals surface area (Å²) in [5, 5.41) is 3.35. The van der Waals surface area contributed by atoms with Gasteiger partial charge in [0.2, 0.25) is 0 Å². The average molecular weight is 201 g/mol. The molecule has 80 valence electrons. The van der Waals surface area contributed by atoms with Gasteiger partial charge in [-0.1, -0.05) is 44.9 Å². The Morgan fingerprint density at radius 1 is 1.20 bits per heavy atom. The van der Waals surface area contributed by atoms with Crippen LogP contribution in [0.3, 0.4) is 0 Å². The van der Waals surface area contributed by atoms with Crippen LogP contribution >= 0.6 is 0 Å². The van der Waals surface area contributed by atoms with E-state index in [-0.39, 0.29) is 5.41 Å². The molecule has 1 heteroatoms. The molecule has 1 nitrogen and oxygen atoms in total. The summed E-state index contributed by atoms with van der Waals surface area (Å²) in [5.41, 5.74) is 2.69. The van der Waals surface area contributed by atoms with Crippen LogP contribution in [0.25, 0.3) is 0 Å². The van der Waals surface area contributed by atoms with E-state index in [1.165, 1.54) is 11.3 Å². The lowest BCUT2D eigenvalue weighted by molar-refractivity contribution is 0.592. The van der Waals surface area contributed by atoms with E-state index in [2.05, 4.69) is 62.2 Å². The molecule has 1 aromatic carbocycles. The van der Waals surface area contributed by atoms with Crippen LogP contribution in [-0.2, 0) is 5.41 Å². The first-order valence-corrected chi connectivity index (χ1v) is 5.28. The topological polar surface area (TPSA) is 12.0 Å². The van der Waals surface area contributed by atoms with E-state index in [1.54, 1.807) is 0 Å². The van der Waals surface area contributed by atoms with Gasteiger partial charge in [-0.05, 0) is 24.0 Å². The van der Waals surface area contributed by atoms with Gasteiger partial charge in [-0.2, -0.15) is 0 Å². The highest BCUT2D eigenvalue weighted by atomic mass is 14.9. The first-order chi connectivity index (χ1) is 7.05. The van der Waals surface area contributed by atoms with Crippen molar-refractivity contribution < 1.29 is 0 Å². The molecule has 0 unspecified atom stereocenters. The quantitative estimate of drug-likeness (QED) is 0.723. The molecule has 0 bridgehead atoms. The van der Waals surface area contributed by atoms with Crippen LogP contribution in [-0.4, -0.2) is 6.54 Å². The fourth-order valence-corrected chi connectivity index (χ4v) is 1.52. The van der Waals surface area contributed by atoms with Crippen molar-refractivity contribution in [2.24, 2.45) is 0 Å². The predicted molar refractivity (Wildman–Crippen MR) is 67.1 cm³/mol. The van der Waals surface area contributed by atoms with Gasteiger partial charge in [-0.25, -0.2) is 0 Å². The first kappa shape index (κ1) is 11.7. The van der Waals surface area contributed by atoms with Crippen molar-refractivity contribution >= 4 is 5.69 Å². The Balaban J connectivity index is 2.90. The Labute approximate surface area is 92.9 Å². The van der Waals surface area contributed by atoms with Crippen LogP contribution in [0.2, 0.25) is 0 Å². The second kappa shape index (κ2) is 4.89. The summed E-state index contributed by atoms with van der Waals surface area (Å²) in [5.74, 6) is 5.90. The van der Waals surface area contributed by atoms with E-state index < -0.39 is 0 Å². The van der Waals surface area contributed by atoms with Crippen LogP contribution in [0.4, 0.5) is 5.69 Å². The number of para-hydroxylation sites is 1. The SMILES string of the molecule is CC#CCNc1ccccc1C(C)(C)C. The molecular weight excluding hydrogens is 182 g/mol. The molecule has 15 heavy (non-hydrogen) atoms. The molecule has 0 aromatic heterocycles. The van der Waals surface area contributed by atoms with Crippen LogP contribution in [0, 0.1) is 11.8 Å². The van der Waals surface area contributed by atoms with Gasteiger partial charge in [0.1, 0.15) is 0 Å². The third-order valence-electron chi connectivity index (χ3n) is 2.28. The molecule has 0 heterocycles. The molecule has 1 aromatic rings. The van der Waals surface area contributed by atoms with Crippen LogP contribution in [0.1, 0.15) is 33.3 Å². The van der Waals surface area contributed by atoms with E-state index in [1.807, 2.05) is 6.92 Å². The number of hydrogen-bond acceptors (Lipinski definition) is 1. The summed E-state index contributed by atoms with van der Waals surface area (Å²) in [6.45, 7) is 9.23. The highest BCUT2D eigenvalue weighted by Crippen LogP contribution is 2.28. The van der Waals surface area contributed by atoms with E-state index in [0.29, 0.717) is 6.54 Å². The lowest BCUT2D eigenvalue weighted by Gasteiger charge is -2.22. The molecule has 0 saturated heterocycles. The molecule has 0 amide bonds. The number of anilines is 1. The molecule has 0 aliphatic carbocycles. The van der Waals surface area contributed by atoms with Gasteiger partial charge < -0.3 is 5.32 Å². The van der Waals surface area contributed by atoms with Crippen molar-refractivity contribution in [3.63, 3.8) is 0 Å². The van der Waals surface area contributed by atoms with E-state index in [0.717, 1.165) is 0 Å². The van der Waals surface area contributed by atoms with Gasteiger partial charge in [0.25, 0.3) is 0 Å². The predicted octanol–water partition coefficient (Wildman–Crippen LogP) is 3.42. The fraction of sp³-hybridized carbons (Fsp3) is 0.429. The molecular formula is C14H19N. The maximum absolute atomic E-state index is 3.35. The van der Waals surface area contributed by atoms with Gasteiger partial charge >= 0.3 is 0 Å². The van der Waals surface area contributed by atoms with Crippen molar-refractivity contribution in [2.75, 3.05) is 11.9 Å². The van der Waals surface area contributed by atoms with Gasteiger partial charge in [-0.3, -0.25) is 0 Å². The zero-order valence-corrected chi connectivity index (χ0v) is 10.0. The molecule has 0 aliphatic rings. The van der Waals surface area contributed by atoms with E-state index in [4.69, 9.17) is 0 Å². The normalized spacial score (nSPS) is 10.4. The van der Waals surface area contributed by atoms with Crippen LogP contribution in [0.5, 0.6) is 0 Å². The maximum atomic E-state index is 3.35. The molecule has 1 N–H and O–H groups in total.